The maximum absolute atomic E-state index is 13.1. The van der Waals surface area contributed by atoms with E-state index in [1.807, 2.05) is 84.2 Å². The molecule has 3 aromatic carbocycles. The number of thiazole rings is 1. The lowest BCUT2D eigenvalue weighted by Crippen LogP contribution is -2.36. The fourth-order valence-electron chi connectivity index (χ4n) is 3.08. The van der Waals surface area contributed by atoms with Gasteiger partial charge in [-0.3, -0.25) is 9.69 Å². The van der Waals surface area contributed by atoms with Crippen LogP contribution in [0.5, 0.6) is 5.75 Å². The van der Waals surface area contributed by atoms with Gasteiger partial charge in [0, 0.05) is 17.5 Å². The summed E-state index contributed by atoms with van der Waals surface area (Å²) in [5, 5.41) is 2.68. The highest BCUT2D eigenvalue weighted by molar-refractivity contribution is 7.14. The van der Waals surface area contributed by atoms with E-state index in [4.69, 9.17) is 9.72 Å². The molecule has 1 aromatic heterocycles. The molecule has 1 amide bonds. The summed E-state index contributed by atoms with van der Waals surface area (Å²) in [6.45, 7) is 0.516. The fraction of sp³-hybridized carbons (Fsp3) is 0.120. The number of carbonyl (C=O) groups is 1. The van der Waals surface area contributed by atoms with E-state index in [0.717, 1.165) is 17.7 Å². The number of nitrogens with zero attached hydrogens (tertiary/aromatic N) is 2. The topological polar surface area (TPSA) is 42.4 Å². The highest BCUT2D eigenvalue weighted by atomic mass is 32.1. The molecule has 0 saturated carbocycles. The van der Waals surface area contributed by atoms with Gasteiger partial charge >= 0.3 is 0 Å². The second-order valence-electron chi connectivity index (χ2n) is 6.76. The molecule has 4 rings (SSSR count). The van der Waals surface area contributed by atoms with Gasteiger partial charge in [-0.2, -0.15) is 0 Å². The molecule has 0 fully saturated rings. The molecule has 150 valence electrons. The third-order valence-corrected chi connectivity index (χ3v) is 5.53. The Morgan fingerprint density at radius 1 is 0.867 bits per heavy atom. The SMILES string of the molecule is O=C(COc1ccccc1)N(CCc1ccccc1)c1nc(-c2ccccc2)cs1. The van der Waals surface area contributed by atoms with Gasteiger partial charge < -0.3 is 4.74 Å². The first-order valence-electron chi connectivity index (χ1n) is 9.83. The first-order valence-corrected chi connectivity index (χ1v) is 10.7. The van der Waals surface area contributed by atoms with Crippen molar-refractivity contribution in [2.45, 2.75) is 6.42 Å². The van der Waals surface area contributed by atoms with E-state index in [-0.39, 0.29) is 12.5 Å². The Morgan fingerprint density at radius 3 is 2.20 bits per heavy atom. The second kappa shape index (κ2) is 9.85. The summed E-state index contributed by atoms with van der Waals surface area (Å²) in [6.07, 6.45) is 0.748. The highest BCUT2D eigenvalue weighted by Gasteiger charge is 2.20. The lowest BCUT2D eigenvalue weighted by molar-refractivity contribution is -0.120. The first kappa shape index (κ1) is 19.9. The van der Waals surface area contributed by atoms with Crippen molar-refractivity contribution in [2.24, 2.45) is 0 Å². The Morgan fingerprint density at radius 2 is 1.50 bits per heavy atom. The summed E-state index contributed by atoms with van der Waals surface area (Å²) in [5.74, 6) is 0.571. The van der Waals surface area contributed by atoms with Gasteiger partial charge in [0.2, 0.25) is 0 Å². The molecule has 0 bridgehead atoms. The van der Waals surface area contributed by atoms with Crippen LogP contribution in [-0.2, 0) is 11.2 Å². The number of anilines is 1. The molecular formula is C25H22N2O2S. The zero-order valence-electron chi connectivity index (χ0n) is 16.5. The van der Waals surface area contributed by atoms with Crippen LogP contribution in [0.2, 0.25) is 0 Å². The van der Waals surface area contributed by atoms with Crippen LogP contribution in [0.25, 0.3) is 11.3 Å². The summed E-state index contributed by atoms with van der Waals surface area (Å²) < 4.78 is 5.70. The minimum absolute atomic E-state index is 0.0287. The molecule has 0 aliphatic carbocycles. The Kier molecular flexibility index (Phi) is 6.52. The molecule has 0 saturated heterocycles. The standard InChI is InChI=1S/C25H22N2O2S/c28-24(18-29-22-14-8-3-9-15-22)27(17-16-20-10-4-1-5-11-20)25-26-23(19-30-25)21-12-6-2-7-13-21/h1-15,19H,16-18H2. The average molecular weight is 415 g/mol. The Labute approximate surface area is 180 Å². The third-order valence-electron chi connectivity index (χ3n) is 4.67. The van der Waals surface area contributed by atoms with Crippen LogP contribution in [0, 0.1) is 0 Å². The molecule has 0 aliphatic rings. The number of hydrogen-bond acceptors (Lipinski definition) is 4. The zero-order chi connectivity index (χ0) is 20.6. The van der Waals surface area contributed by atoms with E-state index < -0.39 is 0 Å². The number of benzene rings is 3. The van der Waals surface area contributed by atoms with Crippen molar-refractivity contribution in [1.82, 2.24) is 4.98 Å². The van der Waals surface area contributed by atoms with Gasteiger partial charge in [-0.1, -0.05) is 78.9 Å². The van der Waals surface area contributed by atoms with Crippen molar-refractivity contribution >= 4 is 22.4 Å². The molecule has 1 heterocycles. The maximum atomic E-state index is 13.1. The number of aromatic nitrogens is 1. The summed E-state index contributed by atoms with van der Waals surface area (Å²) >= 11 is 1.48. The Hall–Kier alpha value is -3.44. The number of amides is 1. The summed E-state index contributed by atoms with van der Waals surface area (Å²) in [4.78, 5) is 19.5. The highest BCUT2D eigenvalue weighted by Crippen LogP contribution is 2.28. The van der Waals surface area contributed by atoms with Crippen molar-refractivity contribution in [2.75, 3.05) is 18.1 Å². The van der Waals surface area contributed by atoms with Crippen molar-refractivity contribution in [3.63, 3.8) is 0 Å². The molecule has 4 aromatic rings. The van der Waals surface area contributed by atoms with E-state index in [1.54, 1.807) is 4.90 Å². The van der Waals surface area contributed by atoms with Crippen molar-refractivity contribution in [3.05, 3.63) is 102 Å². The van der Waals surface area contributed by atoms with Crippen LogP contribution >= 0.6 is 11.3 Å². The Balaban J connectivity index is 1.52. The fourth-order valence-corrected chi connectivity index (χ4v) is 3.96. The van der Waals surface area contributed by atoms with Crippen molar-refractivity contribution < 1.29 is 9.53 Å². The lowest BCUT2D eigenvalue weighted by Gasteiger charge is -2.20. The number of para-hydroxylation sites is 1. The summed E-state index contributed by atoms with van der Waals surface area (Å²) in [7, 11) is 0. The van der Waals surface area contributed by atoms with Crippen molar-refractivity contribution in [1.29, 1.82) is 0 Å². The Bertz CT molecular complexity index is 1070. The van der Waals surface area contributed by atoms with Crippen LogP contribution in [0.4, 0.5) is 5.13 Å². The summed E-state index contributed by atoms with van der Waals surface area (Å²) in [6, 6.07) is 29.5. The monoisotopic (exact) mass is 414 g/mol. The van der Waals surface area contributed by atoms with Crippen LogP contribution in [-0.4, -0.2) is 24.0 Å². The van der Waals surface area contributed by atoms with E-state index in [1.165, 1.54) is 16.9 Å². The third kappa shape index (κ3) is 5.13. The molecule has 0 atom stereocenters. The predicted molar refractivity (Wildman–Crippen MR) is 122 cm³/mol. The normalized spacial score (nSPS) is 10.5. The molecule has 5 heteroatoms. The van der Waals surface area contributed by atoms with Crippen LogP contribution in [0.3, 0.4) is 0 Å². The molecule has 0 aliphatic heterocycles. The smallest absolute Gasteiger partial charge is 0.266 e. The number of carbonyl (C=O) groups excluding carboxylic acids is 1. The molecular weight excluding hydrogens is 392 g/mol. The van der Waals surface area contributed by atoms with Crippen LogP contribution in [0.1, 0.15) is 5.56 Å². The lowest BCUT2D eigenvalue weighted by atomic mass is 10.1. The van der Waals surface area contributed by atoms with Gasteiger partial charge in [-0.25, -0.2) is 4.98 Å². The zero-order valence-corrected chi connectivity index (χ0v) is 17.3. The first-order chi connectivity index (χ1) is 14.8. The molecule has 0 spiro atoms. The van der Waals surface area contributed by atoms with Gasteiger partial charge in [0.1, 0.15) is 5.75 Å². The van der Waals surface area contributed by atoms with E-state index in [0.29, 0.717) is 17.4 Å². The van der Waals surface area contributed by atoms with Gasteiger partial charge in [0.05, 0.1) is 5.69 Å². The molecule has 0 radical (unpaired) electrons. The molecule has 4 nitrogen and oxygen atoms in total. The van der Waals surface area contributed by atoms with E-state index >= 15 is 0 Å². The molecule has 30 heavy (non-hydrogen) atoms. The van der Waals surface area contributed by atoms with E-state index in [9.17, 15) is 4.79 Å². The van der Waals surface area contributed by atoms with Gasteiger partial charge in [-0.15, -0.1) is 11.3 Å². The number of ether oxygens (including phenoxy) is 1. The largest absolute Gasteiger partial charge is 0.484 e. The maximum Gasteiger partial charge on any atom is 0.266 e. The summed E-state index contributed by atoms with van der Waals surface area (Å²) in [5.41, 5.74) is 3.09. The van der Waals surface area contributed by atoms with Gasteiger partial charge in [0.15, 0.2) is 11.7 Å². The number of hydrogen-bond donors (Lipinski definition) is 0. The molecule has 0 unspecified atom stereocenters. The van der Waals surface area contributed by atoms with Gasteiger partial charge in [0.25, 0.3) is 5.91 Å². The molecule has 0 N–H and O–H groups in total. The minimum Gasteiger partial charge on any atom is -0.484 e. The van der Waals surface area contributed by atoms with Crippen molar-refractivity contribution in [3.8, 4) is 17.0 Å². The second-order valence-corrected chi connectivity index (χ2v) is 7.60. The van der Waals surface area contributed by atoms with Gasteiger partial charge in [-0.05, 0) is 24.1 Å². The average Bonchev–Trinajstić information content (AvgIpc) is 3.30. The number of rotatable bonds is 8. The minimum atomic E-state index is -0.108. The van der Waals surface area contributed by atoms with E-state index in [2.05, 4.69) is 12.1 Å². The quantitative estimate of drug-likeness (QED) is 0.384. The van der Waals surface area contributed by atoms with Crippen LogP contribution in [0.15, 0.2) is 96.4 Å². The van der Waals surface area contributed by atoms with Crippen LogP contribution < -0.4 is 9.64 Å². The predicted octanol–water partition coefficient (Wildman–Crippen LogP) is 5.46.